The molecular formula is C18H24N4O4. The SMILES string of the molecule is CC(C)(C)OC(=O)N1CCC(NC(=O)c2cn3ccc(O)cc3n2)CC1. The molecule has 2 aromatic heterocycles. The molecule has 2 aromatic rings. The summed E-state index contributed by atoms with van der Waals surface area (Å²) in [7, 11) is 0. The van der Waals surface area contributed by atoms with Crippen molar-refractivity contribution in [1.29, 1.82) is 0 Å². The molecule has 8 nitrogen and oxygen atoms in total. The summed E-state index contributed by atoms with van der Waals surface area (Å²) in [5.74, 6) is -0.159. The minimum atomic E-state index is -0.514. The van der Waals surface area contributed by atoms with E-state index in [1.807, 2.05) is 20.8 Å². The topological polar surface area (TPSA) is 96.2 Å². The van der Waals surface area contributed by atoms with Gasteiger partial charge in [-0.1, -0.05) is 0 Å². The van der Waals surface area contributed by atoms with Crippen LogP contribution in [0.4, 0.5) is 4.79 Å². The summed E-state index contributed by atoms with van der Waals surface area (Å²) >= 11 is 0. The standard InChI is InChI=1S/C18H24N4O4/c1-18(2,3)26-17(25)21-7-4-12(5-8-21)19-16(24)14-11-22-9-6-13(23)10-15(22)20-14/h6,9-12,23H,4-5,7-8H2,1-3H3,(H,19,24). The van der Waals surface area contributed by atoms with Crippen molar-refractivity contribution in [3.05, 3.63) is 30.2 Å². The van der Waals surface area contributed by atoms with Gasteiger partial charge in [0, 0.05) is 37.6 Å². The van der Waals surface area contributed by atoms with Gasteiger partial charge in [-0.3, -0.25) is 4.79 Å². The van der Waals surface area contributed by atoms with Gasteiger partial charge in [-0.25, -0.2) is 9.78 Å². The molecule has 140 valence electrons. The van der Waals surface area contributed by atoms with Crippen LogP contribution in [0.3, 0.4) is 0 Å². The van der Waals surface area contributed by atoms with E-state index in [1.54, 1.807) is 21.7 Å². The van der Waals surface area contributed by atoms with Crippen LogP contribution in [0.15, 0.2) is 24.5 Å². The number of imidazole rings is 1. The van der Waals surface area contributed by atoms with E-state index in [4.69, 9.17) is 4.74 Å². The number of nitrogens with one attached hydrogen (secondary N) is 1. The van der Waals surface area contributed by atoms with Gasteiger partial charge in [0.15, 0.2) is 0 Å². The number of likely N-dealkylation sites (tertiary alicyclic amines) is 1. The lowest BCUT2D eigenvalue weighted by molar-refractivity contribution is 0.0199. The Hall–Kier alpha value is -2.77. The number of nitrogens with zero attached hydrogens (tertiary/aromatic N) is 3. The third-order valence-electron chi connectivity index (χ3n) is 4.16. The van der Waals surface area contributed by atoms with Crippen molar-refractivity contribution in [1.82, 2.24) is 19.6 Å². The first-order valence-corrected chi connectivity index (χ1v) is 8.68. The van der Waals surface area contributed by atoms with Crippen LogP contribution in [-0.4, -0.2) is 56.1 Å². The fourth-order valence-corrected chi connectivity index (χ4v) is 2.87. The van der Waals surface area contributed by atoms with E-state index >= 15 is 0 Å². The lowest BCUT2D eigenvalue weighted by Crippen LogP contribution is -2.47. The molecule has 1 saturated heterocycles. The van der Waals surface area contributed by atoms with E-state index in [9.17, 15) is 14.7 Å². The maximum absolute atomic E-state index is 12.4. The first kappa shape index (κ1) is 18.0. The first-order chi connectivity index (χ1) is 12.2. The van der Waals surface area contributed by atoms with Crippen LogP contribution in [0.2, 0.25) is 0 Å². The highest BCUT2D eigenvalue weighted by Gasteiger charge is 2.28. The van der Waals surface area contributed by atoms with Gasteiger partial charge in [0.2, 0.25) is 0 Å². The Morgan fingerprint density at radius 1 is 1.31 bits per heavy atom. The van der Waals surface area contributed by atoms with Crippen molar-refractivity contribution >= 4 is 17.6 Å². The van der Waals surface area contributed by atoms with Crippen molar-refractivity contribution in [2.75, 3.05) is 13.1 Å². The molecule has 2 amide bonds. The largest absolute Gasteiger partial charge is 0.508 e. The number of aromatic nitrogens is 2. The maximum atomic E-state index is 12.4. The van der Waals surface area contributed by atoms with Crippen LogP contribution in [0, 0.1) is 0 Å². The van der Waals surface area contributed by atoms with Gasteiger partial charge in [-0.05, 0) is 39.7 Å². The van der Waals surface area contributed by atoms with Crippen LogP contribution < -0.4 is 5.32 Å². The molecule has 0 spiro atoms. The molecule has 0 unspecified atom stereocenters. The minimum Gasteiger partial charge on any atom is -0.508 e. The fraction of sp³-hybridized carbons (Fsp3) is 0.500. The maximum Gasteiger partial charge on any atom is 0.410 e. The van der Waals surface area contributed by atoms with Crippen LogP contribution in [0.1, 0.15) is 44.1 Å². The van der Waals surface area contributed by atoms with Gasteiger partial charge in [-0.15, -0.1) is 0 Å². The lowest BCUT2D eigenvalue weighted by atomic mass is 10.1. The summed E-state index contributed by atoms with van der Waals surface area (Å²) < 4.78 is 7.05. The number of fused-ring (bicyclic) bond motifs is 1. The van der Waals surface area contributed by atoms with E-state index in [2.05, 4.69) is 10.3 Å². The number of amides is 2. The average Bonchev–Trinajstić information content (AvgIpc) is 2.97. The smallest absolute Gasteiger partial charge is 0.410 e. The second-order valence-electron chi connectivity index (χ2n) is 7.49. The Balaban J connectivity index is 1.55. The van der Waals surface area contributed by atoms with Gasteiger partial charge in [0.25, 0.3) is 5.91 Å². The monoisotopic (exact) mass is 360 g/mol. The van der Waals surface area contributed by atoms with Gasteiger partial charge >= 0.3 is 6.09 Å². The molecule has 0 bridgehead atoms. The summed E-state index contributed by atoms with van der Waals surface area (Å²) in [4.78, 5) is 30.4. The summed E-state index contributed by atoms with van der Waals surface area (Å²) in [6, 6.07) is 3.01. The second kappa shape index (κ2) is 6.86. The summed E-state index contributed by atoms with van der Waals surface area (Å²) in [6.45, 7) is 6.60. The van der Waals surface area contributed by atoms with Gasteiger partial charge in [-0.2, -0.15) is 0 Å². The number of pyridine rings is 1. The van der Waals surface area contributed by atoms with Crippen LogP contribution >= 0.6 is 0 Å². The second-order valence-corrected chi connectivity index (χ2v) is 7.49. The van der Waals surface area contributed by atoms with E-state index in [1.165, 1.54) is 12.1 Å². The highest BCUT2D eigenvalue weighted by Crippen LogP contribution is 2.17. The molecule has 1 fully saturated rings. The highest BCUT2D eigenvalue weighted by atomic mass is 16.6. The number of ether oxygens (including phenoxy) is 1. The molecule has 1 aliphatic heterocycles. The molecule has 0 aromatic carbocycles. The quantitative estimate of drug-likeness (QED) is 0.856. The molecule has 2 N–H and O–H groups in total. The Morgan fingerprint density at radius 2 is 2.00 bits per heavy atom. The highest BCUT2D eigenvalue weighted by molar-refractivity contribution is 5.93. The predicted molar refractivity (Wildman–Crippen MR) is 95.2 cm³/mol. The number of carbonyl (C=O) groups is 2. The zero-order valence-corrected chi connectivity index (χ0v) is 15.2. The van der Waals surface area contributed by atoms with Crippen LogP contribution in [-0.2, 0) is 4.74 Å². The van der Waals surface area contributed by atoms with E-state index in [0.717, 1.165) is 0 Å². The molecule has 26 heavy (non-hydrogen) atoms. The average molecular weight is 360 g/mol. The summed E-state index contributed by atoms with van der Waals surface area (Å²) in [5.41, 5.74) is 0.291. The van der Waals surface area contributed by atoms with E-state index < -0.39 is 5.60 Å². The Bertz CT molecular complexity index is 816. The molecule has 1 aliphatic rings. The zero-order valence-electron chi connectivity index (χ0n) is 15.2. The zero-order chi connectivity index (χ0) is 18.9. The van der Waals surface area contributed by atoms with Crippen LogP contribution in [0.5, 0.6) is 5.75 Å². The third kappa shape index (κ3) is 4.25. The Labute approximate surface area is 151 Å². The number of rotatable bonds is 2. The molecule has 3 heterocycles. The molecule has 3 rings (SSSR count). The van der Waals surface area contributed by atoms with Crippen molar-refractivity contribution in [3.63, 3.8) is 0 Å². The predicted octanol–water partition coefficient (Wildman–Crippen LogP) is 2.17. The molecule has 0 atom stereocenters. The normalized spacial score (nSPS) is 15.9. The molecule has 8 heteroatoms. The van der Waals surface area contributed by atoms with Crippen molar-refractivity contribution < 1.29 is 19.4 Å². The van der Waals surface area contributed by atoms with Crippen LogP contribution in [0.25, 0.3) is 5.65 Å². The number of piperidine rings is 1. The van der Waals surface area contributed by atoms with Crippen molar-refractivity contribution in [3.8, 4) is 5.75 Å². The molecule has 0 saturated carbocycles. The van der Waals surface area contributed by atoms with E-state index in [-0.39, 0.29) is 23.8 Å². The number of hydrogen-bond donors (Lipinski definition) is 2. The Kier molecular flexibility index (Phi) is 4.76. The Morgan fingerprint density at radius 3 is 2.65 bits per heavy atom. The van der Waals surface area contributed by atoms with Gasteiger partial charge < -0.3 is 24.5 Å². The number of aromatic hydroxyl groups is 1. The lowest BCUT2D eigenvalue weighted by Gasteiger charge is -2.33. The first-order valence-electron chi connectivity index (χ1n) is 8.68. The molecule has 0 aliphatic carbocycles. The van der Waals surface area contributed by atoms with Crippen molar-refractivity contribution in [2.45, 2.75) is 45.3 Å². The third-order valence-corrected chi connectivity index (χ3v) is 4.16. The minimum absolute atomic E-state index is 0.0144. The van der Waals surface area contributed by atoms with E-state index in [0.29, 0.717) is 37.3 Å². The fourth-order valence-electron chi connectivity index (χ4n) is 2.87. The van der Waals surface area contributed by atoms with Gasteiger partial charge in [0.05, 0.1) is 0 Å². The summed E-state index contributed by atoms with van der Waals surface area (Å²) in [5, 5.41) is 12.4. The molecular weight excluding hydrogens is 336 g/mol. The van der Waals surface area contributed by atoms with Crippen molar-refractivity contribution in [2.24, 2.45) is 0 Å². The molecule has 0 radical (unpaired) electrons. The summed E-state index contributed by atoms with van der Waals surface area (Å²) in [6.07, 6.45) is 4.29. The number of hydrogen-bond acceptors (Lipinski definition) is 5. The number of carbonyl (C=O) groups excluding carboxylic acids is 2. The van der Waals surface area contributed by atoms with Gasteiger partial charge in [0.1, 0.15) is 22.7 Å².